The molecule has 10 nitrogen and oxygen atoms in total. The number of carbonyl (C=O) groups is 2. The van der Waals surface area contributed by atoms with Crippen molar-refractivity contribution in [1.29, 1.82) is 0 Å². The van der Waals surface area contributed by atoms with Crippen LogP contribution in [-0.2, 0) is 47.5 Å². The maximum absolute atomic E-state index is 13.1. The van der Waals surface area contributed by atoms with Gasteiger partial charge in [-0.25, -0.2) is 16.8 Å². The van der Waals surface area contributed by atoms with Crippen LogP contribution in [0, 0.1) is 13.8 Å². The summed E-state index contributed by atoms with van der Waals surface area (Å²) in [6.45, 7) is 6.03. The van der Waals surface area contributed by atoms with Crippen molar-refractivity contribution in [1.82, 2.24) is 8.61 Å². The predicted molar refractivity (Wildman–Crippen MR) is 199 cm³/mol. The number of ether oxygens (including phenoxy) is 1. The average molecular weight is 853 g/mol. The Balaban J connectivity index is 0.000000271. The fourth-order valence-electron chi connectivity index (χ4n) is 4.63. The Morgan fingerprint density at radius 2 is 1.06 bits per heavy atom. The number of aryl methyl sites for hydroxylation is 2. The molecule has 1 N–H and O–H groups in total. The lowest BCUT2D eigenvalue weighted by Crippen LogP contribution is -2.33. The van der Waals surface area contributed by atoms with Gasteiger partial charge in [-0.3, -0.25) is 9.59 Å². The Morgan fingerprint density at radius 1 is 0.660 bits per heavy atom. The van der Waals surface area contributed by atoms with Crippen LogP contribution in [0.25, 0.3) is 0 Å². The Morgan fingerprint density at radius 3 is 1.42 bits per heavy atom. The topological polar surface area (TPSA) is 138 Å². The molecule has 0 aromatic heterocycles. The molecule has 4 aromatic rings. The first-order chi connectivity index (χ1) is 23.6. The fourth-order valence-corrected chi connectivity index (χ4v) is 8.39. The molecule has 0 radical (unpaired) electrons. The minimum absolute atomic E-state index is 0.00688. The largest absolute Gasteiger partial charge is 0.481 e. The summed E-state index contributed by atoms with van der Waals surface area (Å²) < 4.78 is 61.0. The summed E-state index contributed by atoms with van der Waals surface area (Å²) in [4.78, 5) is 23.0. The van der Waals surface area contributed by atoms with Crippen LogP contribution in [0.5, 0.6) is 0 Å². The summed E-state index contributed by atoms with van der Waals surface area (Å²) in [7, 11) is -7.50. The molecule has 268 valence electrons. The lowest BCUT2D eigenvalue weighted by molar-refractivity contribution is -0.143. The Labute approximate surface area is 311 Å². The number of nitrogens with zero attached hydrogens (tertiary/aromatic N) is 2. The molecule has 0 aliphatic heterocycles. The predicted octanol–water partition coefficient (Wildman–Crippen LogP) is 7.32. The standard InChI is InChI=1S/C19H22BrNO4S.C17H18BrNO4S/c1-3-25-19(22)11-12-21(14-16-5-4-6-17(20)13-16)26(23,24)18-9-7-15(2)8-10-18;1-13-5-7-16(8-6-13)24(22,23)19(10-9-17(20)21)12-14-3-2-4-15(18)11-14/h4-10,13H,3,11-12,14H2,1-2H3;2-8,11H,9-10,12H2,1H3,(H,20,21). The first-order valence-corrected chi connectivity index (χ1v) is 20.1. The third kappa shape index (κ3) is 12.7. The van der Waals surface area contributed by atoms with E-state index in [2.05, 4.69) is 31.9 Å². The van der Waals surface area contributed by atoms with Gasteiger partial charge in [0, 0.05) is 35.1 Å². The zero-order valence-electron chi connectivity index (χ0n) is 28.0. The molecule has 0 unspecified atom stereocenters. The van der Waals surface area contributed by atoms with Crippen molar-refractivity contribution in [3.8, 4) is 0 Å². The molecule has 0 heterocycles. The molecule has 0 aliphatic rings. The summed E-state index contributed by atoms with van der Waals surface area (Å²) >= 11 is 6.75. The number of benzene rings is 4. The van der Waals surface area contributed by atoms with Crippen LogP contribution < -0.4 is 0 Å². The van der Waals surface area contributed by atoms with Crippen LogP contribution in [-0.4, -0.2) is 62.2 Å². The van der Waals surface area contributed by atoms with E-state index in [0.29, 0.717) is 0 Å². The number of hydrogen-bond donors (Lipinski definition) is 1. The second-order valence-corrected chi connectivity index (χ2v) is 17.0. The van der Waals surface area contributed by atoms with Crippen LogP contribution in [0.2, 0.25) is 0 Å². The van der Waals surface area contributed by atoms with E-state index in [1.807, 2.05) is 62.4 Å². The highest BCUT2D eigenvalue weighted by molar-refractivity contribution is 9.10. The summed E-state index contributed by atoms with van der Waals surface area (Å²) in [6.07, 6.45) is -0.244. The van der Waals surface area contributed by atoms with Crippen molar-refractivity contribution in [3.63, 3.8) is 0 Å². The van der Waals surface area contributed by atoms with Crippen molar-refractivity contribution >= 4 is 63.8 Å². The van der Waals surface area contributed by atoms with E-state index >= 15 is 0 Å². The Bertz CT molecular complexity index is 1950. The van der Waals surface area contributed by atoms with Crippen LogP contribution in [0.15, 0.2) is 116 Å². The van der Waals surface area contributed by atoms with Gasteiger partial charge in [0.2, 0.25) is 20.0 Å². The third-order valence-electron chi connectivity index (χ3n) is 7.26. The van der Waals surface area contributed by atoms with Gasteiger partial charge in [-0.15, -0.1) is 0 Å². The van der Waals surface area contributed by atoms with Crippen LogP contribution in [0.1, 0.15) is 42.0 Å². The van der Waals surface area contributed by atoms with E-state index in [4.69, 9.17) is 9.84 Å². The fraction of sp³-hybridized carbons (Fsp3) is 0.278. The van der Waals surface area contributed by atoms with Crippen molar-refractivity contribution < 1.29 is 36.3 Å². The molecule has 0 saturated heterocycles. The molecular formula is C36H40Br2N2O8S2. The van der Waals surface area contributed by atoms with E-state index in [-0.39, 0.29) is 55.4 Å². The molecule has 0 amide bonds. The number of carboxylic acids is 1. The molecule has 4 rings (SSSR count). The molecule has 4 aromatic carbocycles. The molecule has 0 fully saturated rings. The number of carbonyl (C=O) groups excluding carboxylic acids is 1. The molecule has 0 bridgehead atoms. The van der Waals surface area contributed by atoms with E-state index < -0.39 is 32.0 Å². The number of esters is 1. The summed E-state index contributed by atoms with van der Waals surface area (Å²) in [5.41, 5.74) is 3.55. The van der Waals surface area contributed by atoms with Crippen molar-refractivity contribution in [2.24, 2.45) is 0 Å². The van der Waals surface area contributed by atoms with E-state index in [0.717, 1.165) is 31.2 Å². The molecule has 0 aliphatic carbocycles. The number of hydrogen-bond acceptors (Lipinski definition) is 7. The van der Waals surface area contributed by atoms with Gasteiger partial charge in [0.05, 0.1) is 29.2 Å². The average Bonchev–Trinajstić information content (AvgIpc) is 3.05. The maximum Gasteiger partial charge on any atom is 0.307 e. The second kappa shape index (κ2) is 19.3. The van der Waals surface area contributed by atoms with E-state index in [1.54, 1.807) is 55.5 Å². The number of halogens is 2. The first-order valence-electron chi connectivity index (χ1n) is 15.6. The number of carboxylic acid groups (broad SMARTS) is 1. The van der Waals surface area contributed by atoms with Gasteiger partial charge in [-0.05, 0) is 80.4 Å². The van der Waals surface area contributed by atoms with Crippen molar-refractivity contribution in [2.75, 3.05) is 19.7 Å². The van der Waals surface area contributed by atoms with Gasteiger partial charge < -0.3 is 9.84 Å². The molecule has 0 saturated carbocycles. The number of aliphatic carboxylic acids is 1. The maximum atomic E-state index is 13.1. The summed E-state index contributed by atoms with van der Waals surface area (Å²) in [5, 5.41) is 8.92. The normalized spacial score (nSPS) is 11.6. The Kier molecular flexibility index (Phi) is 15.8. The third-order valence-corrected chi connectivity index (χ3v) is 12.0. The Hall–Kier alpha value is -3.40. The molecular weight excluding hydrogens is 812 g/mol. The summed E-state index contributed by atoms with van der Waals surface area (Å²) in [5.74, 6) is -1.45. The van der Waals surface area contributed by atoms with Crippen LogP contribution in [0.3, 0.4) is 0 Å². The lowest BCUT2D eigenvalue weighted by atomic mass is 10.2. The summed E-state index contributed by atoms with van der Waals surface area (Å²) in [6, 6.07) is 27.9. The highest BCUT2D eigenvalue weighted by Crippen LogP contribution is 2.23. The van der Waals surface area contributed by atoms with Gasteiger partial charge in [0.25, 0.3) is 0 Å². The van der Waals surface area contributed by atoms with E-state index in [1.165, 1.54) is 8.61 Å². The molecule has 0 spiro atoms. The molecule has 50 heavy (non-hydrogen) atoms. The second-order valence-electron chi connectivity index (χ2n) is 11.3. The minimum Gasteiger partial charge on any atom is -0.481 e. The number of sulfonamides is 2. The highest BCUT2D eigenvalue weighted by atomic mass is 79.9. The monoisotopic (exact) mass is 850 g/mol. The van der Waals surface area contributed by atoms with Gasteiger partial charge in [-0.2, -0.15) is 8.61 Å². The first kappa shape index (κ1) is 41.0. The SMILES string of the molecule is CCOC(=O)CCN(Cc1cccc(Br)c1)S(=O)(=O)c1ccc(C)cc1.Cc1ccc(S(=O)(=O)N(CCC(=O)O)Cc2cccc(Br)c2)cc1. The lowest BCUT2D eigenvalue weighted by Gasteiger charge is -2.22. The molecule has 0 atom stereocenters. The number of rotatable bonds is 15. The van der Waals surface area contributed by atoms with Crippen molar-refractivity contribution in [3.05, 3.63) is 128 Å². The van der Waals surface area contributed by atoms with Crippen molar-refractivity contribution in [2.45, 2.75) is 56.5 Å². The smallest absolute Gasteiger partial charge is 0.307 e. The zero-order chi connectivity index (χ0) is 36.9. The van der Waals surface area contributed by atoms with Crippen LogP contribution in [0.4, 0.5) is 0 Å². The zero-order valence-corrected chi connectivity index (χ0v) is 32.8. The minimum atomic E-state index is -3.77. The van der Waals surface area contributed by atoms with Crippen LogP contribution >= 0.6 is 31.9 Å². The molecule has 14 heteroatoms. The van der Waals surface area contributed by atoms with E-state index in [9.17, 15) is 26.4 Å². The van der Waals surface area contributed by atoms with Gasteiger partial charge >= 0.3 is 11.9 Å². The highest BCUT2D eigenvalue weighted by Gasteiger charge is 2.26. The van der Waals surface area contributed by atoms with Gasteiger partial charge in [0.15, 0.2) is 0 Å². The van der Waals surface area contributed by atoms with Gasteiger partial charge in [-0.1, -0.05) is 91.5 Å². The quantitative estimate of drug-likeness (QED) is 0.123. The van der Waals surface area contributed by atoms with Gasteiger partial charge in [0.1, 0.15) is 0 Å².